The highest BCUT2D eigenvalue weighted by molar-refractivity contribution is 6.30. The average molecular weight is 199 g/mol. The molecule has 0 aliphatic heterocycles. The first-order valence-corrected chi connectivity index (χ1v) is 3.81. The lowest BCUT2D eigenvalue weighted by molar-refractivity contribution is 0.575. The van der Waals surface area contributed by atoms with E-state index in [1.807, 2.05) is 0 Å². The molecule has 0 bridgehead atoms. The van der Waals surface area contributed by atoms with E-state index in [0.29, 0.717) is 10.8 Å². The SMILES string of the molecule is Fc1cc(-n2cc(Cl)cn2)ncn1. The van der Waals surface area contributed by atoms with Gasteiger partial charge in [0.05, 0.1) is 17.4 Å². The van der Waals surface area contributed by atoms with E-state index in [4.69, 9.17) is 11.6 Å². The summed E-state index contributed by atoms with van der Waals surface area (Å²) < 4.78 is 14.0. The van der Waals surface area contributed by atoms with E-state index >= 15 is 0 Å². The van der Waals surface area contributed by atoms with Crippen LogP contribution in [0.1, 0.15) is 0 Å². The van der Waals surface area contributed by atoms with Gasteiger partial charge in [0, 0.05) is 6.07 Å². The van der Waals surface area contributed by atoms with Crippen LogP contribution in [0, 0.1) is 5.95 Å². The first-order chi connectivity index (χ1) is 6.25. The molecule has 2 rings (SSSR count). The summed E-state index contributed by atoms with van der Waals surface area (Å²) in [5, 5.41) is 4.33. The zero-order valence-corrected chi connectivity index (χ0v) is 7.11. The van der Waals surface area contributed by atoms with Crippen LogP contribution in [-0.4, -0.2) is 19.7 Å². The molecule has 2 aromatic rings. The molecule has 2 heterocycles. The molecule has 0 fully saturated rings. The van der Waals surface area contributed by atoms with Crippen molar-refractivity contribution in [2.24, 2.45) is 0 Å². The maximum Gasteiger partial charge on any atom is 0.218 e. The van der Waals surface area contributed by atoms with Gasteiger partial charge in [-0.15, -0.1) is 0 Å². The van der Waals surface area contributed by atoms with Crippen molar-refractivity contribution >= 4 is 11.6 Å². The molecule has 13 heavy (non-hydrogen) atoms. The fraction of sp³-hybridized carbons (Fsp3) is 0. The fourth-order valence-electron chi connectivity index (χ4n) is 0.876. The molecule has 0 atom stereocenters. The van der Waals surface area contributed by atoms with Crippen molar-refractivity contribution in [2.75, 3.05) is 0 Å². The summed E-state index contributed by atoms with van der Waals surface area (Å²) in [5.74, 6) is -0.254. The topological polar surface area (TPSA) is 43.6 Å². The monoisotopic (exact) mass is 198 g/mol. The highest BCUT2D eigenvalue weighted by atomic mass is 35.5. The van der Waals surface area contributed by atoms with Gasteiger partial charge in [-0.1, -0.05) is 11.6 Å². The van der Waals surface area contributed by atoms with Crippen molar-refractivity contribution in [3.05, 3.63) is 35.8 Å². The van der Waals surface area contributed by atoms with Crippen LogP contribution in [0.4, 0.5) is 4.39 Å². The fourth-order valence-corrected chi connectivity index (χ4v) is 1.01. The van der Waals surface area contributed by atoms with Crippen LogP contribution in [0.15, 0.2) is 24.8 Å². The van der Waals surface area contributed by atoms with E-state index in [0.717, 1.165) is 6.33 Å². The van der Waals surface area contributed by atoms with Crippen LogP contribution in [0.2, 0.25) is 5.02 Å². The molecule has 6 heteroatoms. The molecular weight excluding hydrogens is 195 g/mol. The van der Waals surface area contributed by atoms with Gasteiger partial charge in [0.2, 0.25) is 5.95 Å². The van der Waals surface area contributed by atoms with Crippen LogP contribution >= 0.6 is 11.6 Å². The largest absolute Gasteiger partial charge is 0.221 e. The number of nitrogens with zero attached hydrogens (tertiary/aromatic N) is 4. The lowest BCUT2D eigenvalue weighted by Gasteiger charge is -1.97. The molecule has 2 aromatic heterocycles. The molecule has 0 saturated heterocycles. The van der Waals surface area contributed by atoms with Crippen molar-refractivity contribution in [3.63, 3.8) is 0 Å². The van der Waals surface area contributed by atoms with Crippen LogP contribution in [0.5, 0.6) is 0 Å². The maximum absolute atomic E-state index is 12.6. The van der Waals surface area contributed by atoms with E-state index in [-0.39, 0.29) is 0 Å². The number of halogens is 2. The molecule has 0 radical (unpaired) electrons. The van der Waals surface area contributed by atoms with Gasteiger partial charge in [0.25, 0.3) is 0 Å². The van der Waals surface area contributed by atoms with E-state index in [1.165, 1.54) is 23.1 Å². The first-order valence-electron chi connectivity index (χ1n) is 3.44. The molecule has 0 aliphatic rings. The lowest BCUT2D eigenvalue weighted by Crippen LogP contribution is -1.99. The summed E-state index contributed by atoms with van der Waals surface area (Å²) in [4.78, 5) is 7.13. The Morgan fingerprint density at radius 2 is 2.23 bits per heavy atom. The van der Waals surface area contributed by atoms with Gasteiger partial charge in [-0.25, -0.2) is 14.6 Å². The maximum atomic E-state index is 12.6. The van der Waals surface area contributed by atoms with E-state index in [2.05, 4.69) is 15.1 Å². The Morgan fingerprint density at radius 3 is 2.85 bits per heavy atom. The molecular formula is C7H4ClFN4. The predicted molar refractivity (Wildman–Crippen MR) is 44.1 cm³/mol. The number of hydrogen-bond donors (Lipinski definition) is 0. The molecule has 0 N–H and O–H groups in total. The minimum Gasteiger partial charge on any atom is -0.221 e. The second-order valence-corrected chi connectivity index (χ2v) is 2.74. The predicted octanol–water partition coefficient (Wildman–Crippen LogP) is 1.45. The van der Waals surface area contributed by atoms with Crippen molar-refractivity contribution in [1.29, 1.82) is 0 Å². The van der Waals surface area contributed by atoms with Crippen LogP contribution < -0.4 is 0 Å². The highest BCUT2D eigenvalue weighted by Gasteiger charge is 2.01. The van der Waals surface area contributed by atoms with Gasteiger partial charge >= 0.3 is 0 Å². The third-order valence-corrected chi connectivity index (χ3v) is 1.60. The molecule has 0 aliphatic carbocycles. The minimum atomic E-state index is -0.600. The summed E-state index contributed by atoms with van der Waals surface area (Å²) in [6.07, 6.45) is 4.10. The third-order valence-electron chi connectivity index (χ3n) is 1.41. The Hall–Kier alpha value is -1.49. The van der Waals surface area contributed by atoms with Crippen molar-refractivity contribution in [1.82, 2.24) is 19.7 Å². The Bertz CT molecular complexity index is 428. The summed E-state index contributed by atoms with van der Waals surface area (Å²) in [6.45, 7) is 0. The number of aromatic nitrogens is 4. The smallest absolute Gasteiger partial charge is 0.218 e. The standard InChI is InChI=1S/C7H4ClFN4/c8-5-2-12-13(3-5)7-1-6(9)10-4-11-7/h1-4H. The normalized spacial score (nSPS) is 10.3. The van der Waals surface area contributed by atoms with Gasteiger partial charge in [0.1, 0.15) is 6.33 Å². The second kappa shape index (κ2) is 3.10. The van der Waals surface area contributed by atoms with Crippen molar-refractivity contribution in [2.45, 2.75) is 0 Å². The van der Waals surface area contributed by atoms with Crippen LogP contribution in [-0.2, 0) is 0 Å². The molecule has 0 unspecified atom stereocenters. The molecule has 0 aromatic carbocycles. The lowest BCUT2D eigenvalue weighted by atomic mass is 10.6. The summed E-state index contributed by atoms with van der Waals surface area (Å²) in [7, 11) is 0. The third kappa shape index (κ3) is 1.65. The molecule has 0 amide bonds. The van der Waals surface area contributed by atoms with E-state index in [1.54, 1.807) is 0 Å². The summed E-state index contributed by atoms with van der Waals surface area (Å²) >= 11 is 5.63. The molecule has 66 valence electrons. The quantitative estimate of drug-likeness (QED) is 0.652. The average Bonchev–Trinajstić information content (AvgIpc) is 2.52. The Balaban J connectivity index is 2.46. The summed E-state index contributed by atoms with van der Waals surface area (Å²) in [6, 6.07) is 1.17. The first kappa shape index (κ1) is 8.12. The number of rotatable bonds is 1. The highest BCUT2D eigenvalue weighted by Crippen LogP contribution is 2.09. The van der Waals surface area contributed by atoms with Gasteiger partial charge in [0.15, 0.2) is 5.82 Å². The minimum absolute atomic E-state index is 0.347. The van der Waals surface area contributed by atoms with E-state index < -0.39 is 5.95 Å². The van der Waals surface area contributed by atoms with Gasteiger partial charge in [-0.2, -0.15) is 9.49 Å². The Kier molecular flexibility index (Phi) is 1.94. The van der Waals surface area contributed by atoms with E-state index in [9.17, 15) is 4.39 Å². The van der Waals surface area contributed by atoms with Gasteiger partial charge in [-0.3, -0.25) is 0 Å². The van der Waals surface area contributed by atoms with Crippen molar-refractivity contribution in [3.8, 4) is 5.82 Å². The van der Waals surface area contributed by atoms with Crippen LogP contribution in [0.3, 0.4) is 0 Å². The second-order valence-electron chi connectivity index (χ2n) is 2.30. The molecule has 4 nitrogen and oxygen atoms in total. The number of hydrogen-bond acceptors (Lipinski definition) is 3. The zero-order valence-electron chi connectivity index (χ0n) is 6.35. The molecule has 0 spiro atoms. The van der Waals surface area contributed by atoms with Crippen molar-refractivity contribution < 1.29 is 4.39 Å². The summed E-state index contributed by atoms with van der Waals surface area (Å²) in [5.41, 5.74) is 0. The van der Waals surface area contributed by atoms with Gasteiger partial charge in [-0.05, 0) is 0 Å². The zero-order chi connectivity index (χ0) is 9.26. The Morgan fingerprint density at radius 1 is 1.38 bits per heavy atom. The molecule has 0 saturated carbocycles. The van der Waals surface area contributed by atoms with Crippen LogP contribution in [0.25, 0.3) is 5.82 Å². The van der Waals surface area contributed by atoms with Gasteiger partial charge < -0.3 is 0 Å². The Labute approximate surface area is 78.0 Å².